The number of nitrogens with one attached hydrogen (secondary N) is 1. The lowest BCUT2D eigenvalue weighted by atomic mass is 10.1. The average Bonchev–Trinajstić information content (AvgIpc) is 2.52. The first-order valence-electron chi connectivity index (χ1n) is 6.75. The summed E-state index contributed by atoms with van der Waals surface area (Å²) in [7, 11) is 1.41. The number of carbonyl (C=O) groups excluding carboxylic acids is 2. The summed E-state index contributed by atoms with van der Waals surface area (Å²) in [5, 5.41) is 12.0. The minimum atomic E-state index is -0.746. The van der Waals surface area contributed by atoms with Crippen LogP contribution in [0.25, 0.3) is 0 Å². The molecule has 0 unspecified atom stereocenters. The van der Waals surface area contributed by atoms with Gasteiger partial charge in [-0.15, -0.1) is 0 Å². The molecule has 24 heavy (non-hydrogen) atoms. The zero-order valence-corrected chi connectivity index (χ0v) is 15.4. The molecule has 0 aliphatic rings. The summed E-state index contributed by atoms with van der Waals surface area (Å²) >= 11 is 18.1. The maximum atomic E-state index is 11.9. The van der Waals surface area contributed by atoms with E-state index >= 15 is 0 Å². The summed E-state index contributed by atoms with van der Waals surface area (Å²) in [4.78, 5) is 27.7. The van der Waals surface area contributed by atoms with E-state index in [2.05, 4.69) is 10.3 Å². The van der Waals surface area contributed by atoms with E-state index in [9.17, 15) is 14.7 Å². The van der Waals surface area contributed by atoms with Crippen molar-refractivity contribution in [3.8, 4) is 0 Å². The van der Waals surface area contributed by atoms with Gasteiger partial charge in [-0.1, -0.05) is 34.8 Å². The number of carbonyl (C=O) groups is 2. The Bertz CT molecular complexity index is 726. The number of hydrogen-bond donors (Lipinski definition) is 2. The number of aliphatic imine (C=N–C) groups is 1. The van der Waals surface area contributed by atoms with Crippen molar-refractivity contribution >= 4 is 58.6 Å². The van der Waals surface area contributed by atoms with Gasteiger partial charge in [-0.2, -0.15) is 0 Å². The molecule has 0 fully saturated rings. The zero-order valence-electron chi connectivity index (χ0n) is 13.1. The van der Waals surface area contributed by atoms with Crippen molar-refractivity contribution in [3.05, 3.63) is 38.0 Å². The maximum absolute atomic E-state index is 11.9. The Morgan fingerprint density at radius 2 is 1.96 bits per heavy atom. The largest absolute Gasteiger partial charge is 0.512 e. The standard InChI is InChI=1S/C15H15Cl3N2O4/c1-4-24-15(23)8(7(2)21)6-20-10-5-9(16)12(17)11(13(10)18)14(22)19-3/h5-6,21H,4H2,1-3H3,(H,19,22). The van der Waals surface area contributed by atoms with Gasteiger partial charge in [-0.3, -0.25) is 9.79 Å². The van der Waals surface area contributed by atoms with E-state index in [0.717, 1.165) is 6.21 Å². The predicted molar refractivity (Wildman–Crippen MR) is 95.0 cm³/mol. The Hall–Kier alpha value is -1.76. The average molecular weight is 394 g/mol. The Morgan fingerprint density at radius 3 is 2.46 bits per heavy atom. The van der Waals surface area contributed by atoms with Gasteiger partial charge in [0.05, 0.1) is 32.9 Å². The number of halogens is 3. The monoisotopic (exact) mass is 392 g/mol. The van der Waals surface area contributed by atoms with E-state index in [1.165, 1.54) is 20.0 Å². The molecule has 6 nitrogen and oxygen atoms in total. The lowest BCUT2D eigenvalue weighted by Gasteiger charge is -2.10. The normalized spacial score (nSPS) is 12.1. The Morgan fingerprint density at radius 1 is 1.33 bits per heavy atom. The molecule has 0 radical (unpaired) electrons. The zero-order chi connectivity index (χ0) is 18.4. The third kappa shape index (κ3) is 4.63. The first kappa shape index (κ1) is 20.3. The molecule has 9 heteroatoms. The van der Waals surface area contributed by atoms with Gasteiger partial charge in [0.2, 0.25) is 0 Å². The van der Waals surface area contributed by atoms with Crippen molar-refractivity contribution in [2.45, 2.75) is 13.8 Å². The van der Waals surface area contributed by atoms with Crippen molar-refractivity contribution in [2.75, 3.05) is 13.7 Å². The molecule has 0 aliphatic heterocycles. The molecule has 1 aromatic carbocycles. The molecular weight excluding hydrogens is 379 g/mol. The quantitative estimate of drug-likeness (QED) is 0.259. The molecule has 0 saturated heterocycles. The van der Waals surface area contributed by atoms with Crippen LogP contribution in [0.3, 0.4) is 0 Å². The molecule has 0 aliphatic carbocycles. The third-order valence-corrected chi connectivity index (χ3v) is 3.98. The van der Waals surface area contributed by atoms with E-state index in [0.29, 0.717) is 0 Å². The summed E-state index contributed by atoms with van der Waals surface area (Å²) in [5.41, 5.74) is -0.0870. The summed E-state index contributed by atoms with van der Waals surface area (Å²) in [6, 6.07) is 1.34. The molecule has 1 amide bonds. The number of allylic oxidation sites excluding steroid dienone is 1. The summed E-state index contributed by atoms with van der Waals surface area (Å²) in [5.74, 6) is -1.56. The highest BCUT2D eigenvalue weighted by Gasteiger charge is 2.20. The van der Waals surface area contributed by atoms with E-state index in [-0.39, 0.29) is 44.3 Å². The van der Waals surface area contributed by atoms with Crippen LogP contribution < -0.4 is 5.32 Å². The minimum Gasteiger partial charge on any atom is -0.512 e. The predicted octanol–water partition coefficient (Wildman–Crippen LogP) is 4.10. The van der Waals surface area contributed by atoms with Gasteiger partial charge in [-0.25, -0.2) is 4.79 Å². The molecule has 2 N–H and O–H groups in total. The molecule has 0 aromatic heterocycles. The van der Waals surface area contributed by atoms with E-state index in [1.807, 2.05) is 0 Å². The molecule has 0 spiro atoms. The van der Waals surface area contributed by atoms with Crippen LogP contribution in [-0.2, 0) is 9.53 Å². The number of nitrogens with zero attached hydrogens (tertiary/aromatic N) is 1. The smallest absolute Gasteiger partial charge is 0.343 e. The Kier molecular flexibility index (Phi) is 7.54. The topological polar surface area (TPSA) is 88.0 Å². The minimum absolute atomic E-state index is 0.0144. The van der Waals surface area contributed by atoms with Crippen molar-refractivity contribution in [1.29, 1.82) is 0 Å². The van der Waals surface area contributed by atoms with Crippen LogP contribution in [0.2, 0.25) is 15.1 Å². The van der Waals surface area contributed by atoms with Crippen LogP contribution in [0, 0.1) is 0 Å². The fraction of sp³-hybridized carbons (Fsp3) is 0.267. The van der Waals surface area contributed by atoms with Gasteiger partial charge in [-0.05, 0) is 19.9 Å². The number of benzene rings is 1. The number of aliphatic hydroxyl groups excluding tert-OH is 1. The summed E-state index contributed by atoms with van der Waals surface area (Å²) < 4.78 is 4.81. The number of aliphatic hydroxyl groups is 1. The van der Waals surface area contributed by atoms with Gasteiger partial charge in [0.25, 0.3) is 5.91 Å². The SMILES string of the molecule is CCOC(=O)C(C=Nc1cc(Cl)c(Cl)c(C(=O)NC)c1Cl)=C(C)O. The number of esters is 1. The maximum Gasteiger partial charge on any atom is 0.343 e. The van der Waals surface area contributed by atoms with Crippen LogP contribution in [0.1, 0.15) is 24.2 Å². The molecular formula is C15H15Cl3N2O4. The van der Waals surface area contributed by atoms with Gasteiger partial charge < -0.3 is 15.2 Å². The molecule has 0 atom stereocenters. The number of amides is 1. The van der Waals surface area contributed by atoms with Gasteiger partial charge >= 0.3 is 5.97 Å². The Labute approximate surface area is 154 Å². The first-order chi connectivity index (χ1) is 11.2. The fourth-order valence-electron chi connectivity index (χ4n) is 1.65. The number of hydrogen-bond acceptors (Lipinski definition) is 5. The van der Waals surface area contributed by atoms with Crippen LogP contribution >= 0.6 is 34.8 Å². The van der Waals surface area contributed by atoms with Crippen molar-refractivity contribution in [1.82, 2.24) is 5.32 Å². The molecule has 0 bridgehead atoms. The molecule has 0 heterocycles. The molecule has 130 valence electrons. The first-order valence-corrected chi connectivity index (χ1v) is 7.88. The lowest BCUT2D eigenvalue weighted by molar-refractivity contribution is -0.138. The third-order valence-electron chi connectivity index (χ3n) is 2.81. The summed E-state index contributed by atoms with van der Waals surface area (Å²) in [6.07, 6.45) is 1.08. The van der Waals surface area contributed by atoms with Crippen molar-refractivity contribution in [2.24, 2.45) is 4.99 Å². The highest BCUT2D eigenvalue weighted by molar-refractivity contribution is 6.47. The lowest BCUT2D eigenvalue weighted by Crippen LogP contribution is -2.19. The highest BCUT2D eigenvalue weighted by atomic mass is 35.5. The van der Waals surface area contributed by atoms with Crippen molar-refractivity contribution < 1.29 is 19.4 Å². The van der Waals surface area contributed by atoms with E-state index in [4.69, 9.17) is 39.5 Å². The van der Waals surface area contributed by atoms with Crippen LogP contribution in [-0.4, -0.2) is 36.9 Å². The summed E-state index contributed by atoms with van der Waals surface area (Å²) in [6.45, 7) is 3.08. The second-order valence-electron chi connectivity index (χ2n) is 4.44. The van der Waals surface area contributed by atoms with Crippen molar-refractivity contribution in [3.63, 3.8) is 0 Å². The highest BCUT2D eigenvalue weighted by Crippen LogP contribution is 2.38. The van der Waals surface area contributed by atoms with Gasteiger partial charge in [0, 0.05) is 13.3 Å². The fourth-order valence-corrected chi connectivity index (χ4v) is 2.41. The second-order valence-corrected chi connectivity index (χ2v) is 5.60. The van der Waals surface area contributed by atoms with Crippen LogP contribution in [0.15, 0.2) is 22.4 Å². The molecule has 0 saturated carbocycles. The molecule has 1 rings (SSSR count). The van der Waals surface area contributed by atoms with Gasteiger partial charge in [0.15, 0.2) is 0 Å². The van der Waals surface area contributed by atoms with Gasteiger partial charge in [0.1, 0.15) is 11.3 Å². The number of ether oxygens (including phenoxy) is 1. The van der Waals surface area contributed by atoms with Crippen LogP contribution in [0.5, 0.6) is 0 Å². The Balaban J connectivity index is 3.38. The number of rotatable bonds is 5. The second kappa shape index (κ2) is 8.92. The van der Waals surface area contributed by atoms with E-state index in [1.54, 1.807) is 6.92 Å². The van der Waals surface area contributed by atoms with Crippen LogP contribution in [0.4, 0.5) is 5.69 Å². The van der Waals surface area contributed by atoms with E-state index < -0.39 is 11.9 Å². The molecule has 1 aromatic rings.